The highest BCUT2D eigenvalue weighted by Crippen LogP contribution is 2.09. The van der Waals surface area contributed by atoms with E-state index in [0.29, 0.717) is 0 Å². The number of halogens is 1. The van der Waals surface area contributed by atoms with Gasteiger partial charge in [-0.05, 0) is 43.9 Å². The van der Waals surface area contributed by atoms with Crippen molar-refractivity contribution in [1.82, 2.24) is 25.4 Å². The smallest absolute Gasteiger partial charge is 0.191 e. The number of aromatic nitrogens is 3. The molecule has 7 heteroatoms. The molecule has 130 valence electrons. The van der Waals surface area contributed by atoms with Crippen LogP contribution in [0.5, 0.6) is 0 Å². The van der Waals surface area contributed by atoms with E-state index in [4.69, 9.17) is 11.6 Å². The first-order valence-corrected chi connectivity index (χ1v) is 8.74. The lowest BCUT2D eigenvalue weighted by atomic mass is 10.1. The van der Waals surface area contributed by atoms with Gasteiger partial charge >= 0.3 is 0 Å². The van der Waals surface area contributed by atoms with Crippen LogP contribution in [0.4, 0.5) is 0 Å². The number of hydrogen-bond donors (Lipinski definition) is 2. The SMILES string of the molecule is CCNC(=NCCCCn1cnnc1)NCCc1ccc(Cl)cc1. The van der Waals surface area contributed by atoms with Gasteiger partial charge in [-0.15, -0.1) is 10.2 Å². The number of aliphatic imine (C=N–C) groups is 1. The Hall–Kier alpha value is -2.08. The number of guanidine groups is 1. The second-order valence-corrected chi connectivity index (χ2v) is 5.91. The van der Waals surface area contributed by atoms with E-state index in [-0.39, 0.29) is 0 Å². The lowest BCUT2D eigenvalue weighted by molar-refractivity contribution is 0.611. The third kappa shape index (κ3) is 7.00. The predicted molar refractivity (Wildman–Crippen MR) is 98.4 cm³/mol. The Bertz CT molecular complexity index is 594. The summed E-state index contributed by atoms with van der Waals surface area (Å²) in [6, 6.07) is 7.95. The van der Waals surface area contributed by atoms with Gasteiger partial charge in [0, 0.05) is 31.2 Å². The predicted octanol–water partition coefficient (Wildman–Crippen LogP) is 2.51. The second kappa shape index (κ2) is 10.6. The summed E-state index contributed by atoms with van der Waals surface area (Å²) in [7, 11) is 0. The highest BCUT2D eigenvalue weighted by molar-refractivity contribution is 6.30. The number of aryl methyl sites for hydroxylation is 1. The molecule has 1 aromatic heterocycles. The average Bonchev–Trinajstić information content (AvgIpc) is 3.10. The summed E-state index contributed by atoms with van der Waals surface area (Å²) in [5, 5.41) is 15.0. The molecule has 1 heterocycles. The third-order valence-electron chi connectivity index (χ3n) is 3.52. The summed E-state index contributed by atoms with van der Waals surface area (Å²) in [4.78, 5) is 4.61. The highest BCUT2D eigenvalue weighted by Gasteiger charge is 1.98. The molecule has 0 saturated heterocycles. The maximum atomic E-state index is 5.90. The molecule has 0 spiro atoms. The summed E-state index contributed by atoms with van der Waals surface area (Å²) >= 11 is 5.90. The molecular formula is C17H25ClN6. The number of rotatable bonds is 9. The zero-order valence-electron chi connectivity index (χ0n) is 14.1. The molecule has 0 aliphatic carbocycles. The van der Waals surface area contributed by atoms with Gasteiger partial charge in [-0.2, -0.15) is 0 Å². The zero-order chi connectivity index (χ0) is 17.0. The van der Waals surface area contributed by atoms with Crippen molar-refractivity contribution < 1.29 is 0 Å². The largest absolute Gasteiger partial charge is 0.357 e. The number of nitrogens with one attached hydrogen (secondary N) is 2. The lowest BCUT2D eigenvalue weighted by Gasteiger charge is -2.11. The van der Waals surface area contributed by atoms with Crippen LogP contribution in [0.15, 0.2) is 41.9 Å². The summed E-state index contributed by atoms with van der Waals surface area (Å²) < 4.78 is 1.99. The molecule has 2 aromatic rings. The standard InChI is InChI=1S/C17H25ClN6/c1-2-19-17(20-10-3-4-12-24-13-22-23-14-24)21-11-9-15-5-7-16(18)8-6-15/h5-8,13-14H,2-4,9-12H2,1H3,(H2,19,20,21). The quantitative estimate of drug-likeness (QED) is 0.415. The van der Waals surface area contributed by atoms with E-state index in [2.05, 4.69) is 44.9 Å². The Kier molecular flexibility index (Phi) is 8.10. The normalized spacial score (nSPS) is 11.5. The van der Waals surface area contributed by atoms with E-state index < -0.39 is 0 Å². The Labute approximate surface area is 148 Å². The molecule has 1 aromatic carbocycles. The minimum atomic E-state index is 0.771. The number of nitrogens with zero attached hydrogens (tertiary/aromatic N) is 4. The fraction of sp³-hybridized carbons (Fsp3) is 0.471. The van der Waals surface area contributed by atoms with Crippen LogP contribution in [0.3, 0.4) is 0 Å². The summed E-state index contributed by atoms with van der Waals surface area (Å²) in [5.41, 5.74) is 1.26. The van der Waals surface area contributed by atoms with E-state index in [1.807, 2.05) is 16.7 Å². The van der Waals surface area contributed by atoms with Gasteiger partial charge in [0.2, 0.25) is 0 Å². The van der Waals surface area contributed by atoms with Crippen molar-refractivity contribution in [3.05, 3.63) is 47.5 Å². The molecule has 0 saturated carbocycles. The Morgan fingerprint density at radius 1 is 1.12 bits per heavy atom. The zero-order valence-corrected chi connectivity index (χ0v) is 14.8. The molecule has 0 aliphatic heterocycles. The number of hydrogen-bond acceptors (Lipinski definition) is 3. The fourth-order valence-electron chi connectivity index (χ4n) is 2.25. The maximum absolute atomic E-state index is 5.90. The van der Waals surface area contributed by atoms with Gasteiger partial charge in [0.1, 0.15) is 12.7 Å². The molecule has 0 amide bonds. The van der Waals surface area contributed by atoms with Crippen molar-refractivity contribution in [1.29, 1.82) is 0 Å². The second-order valence-electron chi connectivity index (χ2n) is 5.47. The van der Waals surface area contributed by atoms with E-state index in [1.54, 1.807) is 12.7 Å². The molecule has 6 nitrogen and oxygen atoms in total. The topological polar surface area (TPSA) is 67.1 Å². The molecule has 0 fully saturated rings. The van der Waals surface area contributed by atoms with Crippen molar-refractivity contribution in [2.75, 3.05) is 19.6 Å². The fourth-order valence-corrected chi connectivity index (χ4v) is 2.38. The monoisotopic (exact) mass is 348 g/mol. The number of benzene rings is 1. The van der Waals surface area contributed by atoms with E-state index >= 15 is 0 Å². The van der Waals surface area contributed by atoms with Gasteiger partial charge in [-0.1, -0.05) is 23.7 Å². The first kappa shape index (κ1) is 18.3. The van der Waals surface area contributed by atoms with E-state index in [9.17, 15) is 0 Å². The van der Waals surface area contributed by atoms with Crippen molar-refractivity contribution in [3.63, 3.8) is 0 Å². The van der Waals surface area contributed by atoms with Gasteiger partial charge in [0.25, 0.3) is 0 Å². The van der Waals surface area contributed by atoms with Crippen LogP contribution in [-0.4, -0.2) is 40.4 Å². The minimum Gasteiger partial charge on any atom is -0.357 e. The first-order valence-electron chi connectivity index (χ1n) is 8.37. The van der Waals surface area contributed by atoms with Crippen LogP contribution in [0, 0.1) is 0 Å². The van der Waals surface area contributed by atoms with Gasteiger partial charge in [0.15, 0.2) is 5.96 Å². The average molecular weight is 349 g/mol. The van der Waals surface area contributed by atoms with E-state index in [1.165, 1.54) is 5.56 Å². The Morgan fingerprint density at radius 3 is 2.58 bits per heavy atom. The van der Waals surface area contributed by atoms with Crippen LogP contribution in [0.2, 0.25) is 5.02 Å². The van der Waals surface area contributed by atoms with Crippen molar-refractivity contribution >= 4 is 17.6 Å². The highest BCUT2D eigenvalue weighted by atomic mass is 35.5. The minimum absolute atomic E-state index is 0.771. The summed E-state index contributed by atoms with van der Waals surface area (Å²) in [5.74, 6) is 0.871. The van der Waals surface area contributed by atoms with Crippen LogP contribution in [0.25, 0.3) is 0 Å². The van der Waals surface area contributed by atoms with E-state index in [0.717, 1.165) is 56.4 Å². The van der Waals surface area contributed by atoms with Gasteiger partial charge < -0.3 is 15.2 Å². The van der Waals surface area contributed by atoms with Crippen molar-refractivity contribution in [3.8, 4) is 0 Å². The molecular weight excluding hydrogens is 324 g/mol. The van der Waals surface area contributed by atoms with Crippen LogP contribution in [0.1, 0.15) is 25.3 Å². The Balaban J connectivity index is 1.66. The van der Waals surface area contributed by atoms with Crippen molar-refractivity contribution in [2.24, 2.45) is 4.99 Å². The molecule has 0 aliphatic rings. The molecule has 0 radical (unpaired) electrons. The molecule has 2 rings (SSSR count). The van der Waals surface area contributed by atoms with Gasteiger partial charge in [-0.3, -0.25) is 4.99 Å². The van der Waals surface area contributed by atoms with Crippen LogP contribution >= 0.6 is 11.6 Å². The molecule has 0 atom stereocenters. The van der Waals surface area contributed by atoms with Crippen LogP contribution < -0.4 is 10.6 Å². The van der Waals surface area contributed by atoms with Crippen LogP contribution in [-0.2, 0) is 13.0 Å². The Morgan fingerprint density at radius 2 is 1.88 bits per heavy atom. The summed E-state index contributed by atoms with van der Waals surface area (Å²) in [6.07, 6.45) is 6.52. The van der Waals surface area contributed by atoms with Crippen molar-refractivity contribution in [2.45, 2.75) is 32.7 Å². The molecule has 0 bridgehead atoms. The maximum Gasteiger partial charge on any atom is 0.191 e. The number of unbranched alkanes of at least 4 members (excludes halogenated alkanes) is 1. The molecule has 2 N–H and O–H groups in total. The van der Waals surface area contributed by atoms with Gasteiger partial charge in [0.05, 0.1) is 0 Å². The van der Waals surface area contributed by atoms with Gasteiger partial charge in [-0.25, -0.2) is 0 Å². The third-order valence-corrected chi connectivity index (χ3v) is 3.78. The summed E-state index contributed by atoms with van der Waals surface area (Å²) in [6.45, 7) is 5.51. The molecule has 0 unspecified atom stereocenters. The molecule has 24 heavy (non-hydrogen) atoms. The lowest BCUT2D eigenvalue weighted by Crippen LogP contribution is -2.38. The first-order chi connectivity index (χ1) is 11.8.